The molecule has 2 unspecified atom stereocenters. The summed E-state index contributed by atoms with van der Waals surface area (Å²) in [5.41, 5.74) is 1.39. The Morgan fingerprint density at radius 2 is 2.07 bits per heavy atom. The molecule has 1 aliphatic heterocycles. The van der Waals surface area contributed by atoms with Gasteiger partial charge in [-0.05, 0) is 25.8 Å². The summed E-state index contributed by atoms with van der Waals surface area (Å²) in [6, 6.07) is 1.65. The van der Waals surface area contributed by atoms with Gasteiger partial charge in [0, 0.05) is 39.7 Å². The lowest BCUT2D eigenvalue weighted by Crippen LogP contribution is -2.46. The van der Waals surface area contributed by atoms with E-state index in [1.165, 1.54) is 4.90 Å². The molecule has 1 aliphatic rings. The Labute approximate surface area is 161 Å². The average Bonchev–Trinajstić information content (AvgIpc) is 3.18. The summed E-state index contributed by atoms with van der Waals surface area (Å²) >= 11 is 0. The lowest BCUT2D eigenvalue weighted by molar-refractivity contribution is 0.0764. The van der Waals surface area contributed by atoms with E-state index in [1.54, 1.807) is 18.8 Å². The van der Waals surface area contributed by atoms with Crippen molar-refractivity contribution in [3.05, 3.63) is 17.5 Å². The minimum absolute atomic E-state index is 0.0423. The fourth-order valence-corrected chi connectivity index (χ4v) is 3.46. The molecule has 0 bridgehead atoms. The number of urea groups is 1. The number of nitrogens with one attached hydrogen (secondary N) is 1. The first-order valence-electron chi connectivity index (χ1n) is 9.63. The third-order valence-electron chi connectivity index (χ3n) is 5.00. The summed E-state index contributed by atoms with van der Waals surface area (Å²) in [5.74, 6) is 0.540. The van der Waals surface area contributed by atoms with Crippen molar-refractivity contribution in [1.82, 2.24) is 24.9 Å². The molecule has 8 nitrogen and oxygen atoms in total. The zero-order valence-corrected chi connectivity index (χ0v) is 17.4. The van der Waals surface area contributed by atoms with Crippen LogP contribution >= 0.6 is 0 Å². The molecule has 0 spiro atoms. The van der Waals surface area contributed by atoms with Crippen LogP contribution in [-0.2, 0) is 11.3 Å². The second-order valence-corrected chi connectivity index (χ2v) is 7.66. The number of aromatic nitrogens is 2. The quantitative estimate of drug-likeness (QED) is 0.730. The van der Waals surface area contributed by atoms with Crippen LogP contribution in [0.5, 0.6) is 0 Å². The van der Waals surface area contributed by atoms with Gasteiger partial charge in [-0.15, -0.1) is 0 Å². The highest BCUT2D eigenvalue weighted by molar-refractivity contribution is 5.93. The van der Waals surface area contributed by atoms with Gasteiger partial charge in [0.05, 0.1) is 24.9 Å². The average molecular weight is 380 g/mol. The SMILES string of the molecule is CCOCCn1nc(C)cc1C(=O)N1CC(NC(=O)N(C)C)C(C(C)C)C1. The number of hydrogen-bond acceptors (Lipinski definition) is 4. The van der Waals surface area contributed by atoms with Gasteiger partial charge in [0.1, 0.15) is 5.69 Å². The van der Waals surface area contributed by atoms with Gasteiger partial charge in [-0.3, -0.25) is 9.48 Å². The van der Waals surface area contributed by atoms with Crippen molar-refractivity contribution in [2.24, 2.45) is 11.8 Å². The maximum atomic E-state index is 13.1. The Balaban J connectivity index is 2.13. The summed E-state index contributed by atoms with van der Waals surface area (Å²) in [5, 5.41) is 7.49. The molecule has 1 N–H and O–H groups in total. The zero-order valence-electron chi connectivity index (χ0n) is 17.4. The van der Waals surface area contributed by atoms with Gasteiger partial charge in [-0.1, -0.05) is 13.8 Å². The number of aryl methyl sites for hydroxylation is 1. The smallest absolute Gasteiger partial charge is 0.317 e. The molecular weight excluding hydrogens is 346 g/mol. The van der Waals surface area contributed by atoms with Crippen molar-refractivity contribution in [2.75, 3.05) is 40.4 Å². The first-order valence-corrected chi connectivity index (χ1v) is 9.63. The van der Waals surface area contributed by atoms with Gasteiger partial charge in [-0.2, -0.15) is 5.10 Å². The second kappa shape index (κ2) is 9.21. The van der Waals surface area contributed by atoms with E-state index in [4.69, 9.17) is 4.74 Å². The molecule has 1 aromatic heterocycles. The van der Waals surface area contributed by atoms with Crippen LogP contribution in [0.2, 0.25) is 0 Å². The van der Waals surface area contributed by atoms with E-state index >= 15 is 0 Å². The van der Waals surface area contributed by atoms with E-state index in [9.17, 15) is 9.59 Å². The maximum absolute atomic E-state index is 13.1. The predicted molar refractivity (Wildman–Crippen MR) is 104 cm³/mol. The van der Waals surface area contributed by atoms with Crippen molar-refractivity contribution in [3.8, 4) is 0 Å². The first-order chi connectivity index (χ1) is 12.7. The molecule has 2 atom stereocenters. The Bertz CT molecular complexity index is 656. The normalized spacial score (nSPS) is 19.6. The molecule has 0 saturated carbocycles. The highest BCUT2D eigenvalue weighted by Crippen LogP contribution is 2.26. The van der Waals surface area contributed by atoms with E-state index in [1.807, 2.05) is 24.8 Å². The standard InChI is InChI=1S/C19H33N5O3/c1-7-27-9-8-24-17(10-14(4)21-24)18(25)23-11-15(13(2)3)16(12-23)20-19(26)22(5)6/h10,13,15-16H,7-9,11-12H2,1-6H3,(H,20,26). The molecule has 27 heavy (non-hydrogen) atoms. The third kappa shape index (κ3) is 5.22. The molecule has 2 rings (SSSR count). The summed E-state index contributed by atoms with van der Waals surface area (Å²) in [4.78, 5) is 28.6. The highest BCUT2D eigenvalue weighted by atomic mass is 16.5. The number of carbonyl (C=O) groups excluding carboxylic acids is 2. The van der Waals surface area contributed by atoms with Crippen LogP contribution in [0.15, 0.2) is 6.07 Å². The number of rotatable bonds is 7. The van der Waals surface area contributed by atoms with Crippen molar-refractivity contribution < 1.29 is 14.3 Å². The summed E-state index contributed by atoms with van der Waals surface area (Å²) in [7, 11) is 3.44. The van der Waals surface area contributed by atoms with E-state index in [0.29, 0.717) is 44.5 Å². The lowest BCUT2D eigenvalue weighted by atomic mass is 9.91. The molecule has 0 radical (unpaired) electrons. The molecule has 0 aliphatic carbocycles. The van der Waals surface area contributed by atoms with E-state index in [-0.39, 0.29) is 23.9 Å². The predicted octanol–water partition coefficient (Wildman–Crippen LogP) is 1.60. The van der Waals surface area contributed by atoms with Crippen LogP contribution in [0, 0.1) is 18.8 Å². The van der Waals surface area contributed by atoms with Gasteiger partial charge in [0.2, 0.25) is 0 Å². The van der Waals surface area contributed by atoms with Crippen molar-refractivity contribution >= 4 is 11.9 Å². The second-order valence-electron chi connectivity index (χ2n) is 7.66. The fraction of sp³-hybridized carbons (Fsp3) is 0.737. The number of carbonyl (C=O) groups is 2. The topological polar surface area (TPSA) is 79.7 Å². The molecule has 3 amide bonds. The highest BCUT2D eigenvalue weighted by Gasteiger charge is 2.39. The van der Waals surface area contributed by atoms with Crippen molar-refractivity contribution in [3.63, 3.8) is 0 Å². The van der Waals surface area contributed by atoms with Crippen LogP contribution in [0.1, 0.15) is 37.0 Å². The van der Waals surface area contributed by atoms with Crippen LogP contribution in [-0.4, -0.2) is 78.0 Å². The number of ether oxygens (including phenoxy) is 1. The summed E-state index contributed by atoms with van der Waals surface area (Å²) in [6.07, 6.45) is 0. The summed E-state index contributed by atoms with van der Waals surface area (Å²) in [6.45, 7) is 10.9. The molecule has 0 aromatic carbocycles. The van der Waals surface area contributed by atoms with Crippen LogP contribution < -0.4 is 5.32 Å². The molecule has 1 fully saturated rings. The Hall–Kier alpha value is -2.09. The van der Waals surface area contributed by atoms with Gasteiger partial charge >= 0.3 is 6.03 Å². The zero-order chi connectivity index (χ0) is 20.1. The third-order valence-corrected chi connectivity index (χ3v) is 5.00. The fourth-order valence-electron chi connectivity index (χ4n) is 3.46. The van der Waals surface area contributed by atoms with E-state index < -0.39 is 0 Å². The molecule has 1 aromatic rings. The molecule has 152 valence electrons. The van der Waals surface area contributed by atoms with E-state index in [0.717, 1.165) is 5.69 Å². The molecule has 8 heteroatoms. The van der Waals surface area contributed by atoms with Gasteiger partial charge in [0.15, 0.2) is 0 Å². The van der Waals surface area contributed by atoms with Gasteiger partial charge < -0.3 is 19.9 Å². The largest absolute Gasteiger partial charge is 0.380 e. The Morgan fingerprint density at radius 1 is 1.37 bits per heavy atom. The van der Waals surface area contributed by atoms with Crippen LogP contribution in [0.3, 0.4) is 0 Å². The van der Waals surface area contributed by atoms with Crippen molar-refractivity contribution in [2.45, 2.75) is 40.3 Å². The monoisotopic (exact) mass is 379 g/mol. The molecule has 1 saturated heterocycles. The Kier molecular flexibility index (Phi) is 7.24. The lowest BCUT2D eigenvalue weighted by Gasteiger charge is -2.24. The van der Waals surface area contributed by atoms with Gasteiger partial charge in [-0.25, -0.2) is 4.79 Å². The number of likely N-dealkylation sites (tertiary alicyclic amines) is 1. The number of amides is 3. The van der Waals surface area contributed by atoms with Crippen LogP contribution in [0.4, 0.5) is 4.79 Å². The Morgan fingerprint density at radius 3 is 2.67 bits per heavy atom. The summed E-state index contributed by atoms with van der Waals surface area (Å²) < 4.78 is 7.13. The van der Waals surface area contributed by atoms with Crippen LogP contribution in [0.25, 0.3) is 0 Å². The minimum Gasteiger partial charge on any atom is -0.380 e. The number of hydrogen-bond donors (Lipinski definition) is 1. The van der Waals surface area contributed by atoms with E-state index in [2.05, 4.69) is 24.3 Å². The maximum Gasteiger partial charge on any atom is 0.317 e. The molecular formula is C19H33N5O3. The number of nitrogens with zero attached hydrogens (tertiary/aromatic N) is 4. The molecule has 2 heterocycles. The minimum atomic E-state index is -0.127. The van der Waals surface area contributed by atoms with Gasteiger partial charge in [0.25, 0.3) is 5.91 Å². The first kappa shape index (κ1) is 21.2. The van der Waals surface area contributed by atoms with Crippen molar-refractivity contribution in [1.29, 1.82) is 0 Å².